The van der Waals surface area contributed by atoms with Crippen LogP contribution in [0.25, 0.3) is 0 Å². The summed E-state index contributed by atoms with van der Waals surface area (Å²) in [7, 11) is 0. The van der Waals surface area contributed by atoms with Gasteiger partial charge in [0.15, 0.2) is 0 Å². The molecule has 20 heavy (non-hydrogen) atoms. The fourth-order valence-electron chi connectivity index (χ4n) is 3.36. The Bertz CT molecular complexity index is 290. The normalized spacial score (nSPS) is 20.3. The predicted octanol–water partition coefficient (Wildman–Crippen LogP) is 3.50. The van der Waals surface area contributed by atoms with Crippen LogP contribution in [0.5, 0.6) is 0 Å². The van der Waals surface area contributed by atoms with E-state index in [4.69, 9.17) is 5.73 Å². The topological polar surface area (TPSA) is 55.1 Å². The van der Waals surface area contributed by atoms with Gasteiger partial charge in [0.05, 0.1) is 0 Å². The Morgan fingerprint density at radius 1 is 1.30 bits per heavy atom. The van der Waals surface area contributed by atoms with Crippen LogP contribution in [0.1, 0.15) is 66.2 Å². The molecule has 0 spiro atoms. The number of nitrogens with two attached hydrogens (primary N) is 1. The number of carbonyl (C=O) groups excluding carboxylic acids is 1. The van der Waals surface area contributed by atoms with Crippen molar-refractivity contribution in [2.45, 2.75) is 71.8 Å². The van der Waals surface area contributed by atoms with E-state index < -0.39 is 0 Å². The third-order valence-corrected chi connectivity index (χ3v) is 4.34. The fraction of sp³-hybridized carbons (Fsp3) is 0.938. The quantitative estimate of drug-likeness (QED) is 0.756. The Morgan fingerprint density at radius 3 is 2.30 bits per heavy atom. The van der Waals surface area contributed by atoms with Crippen molar-refractivity contribution < 1.29 is 4.79 Å². The molecule has 3 nitrogen and oxygen atoms in total. The second-order valence-corrected chi connectivity index (χ2v) is 7.14. The summed E-state index contributed by atoms with van der Waals surface area (Å²) in [5.41, 5.74) is 5.60. The lowest BCUT2D eigenvalue weighted by molar-refractivity contribution is -0.126. The van der Waals surface area contributed by atoms with Crippen LogP contribution in [0.3, 0.4) is 0 Å². The molecule has 2 unspecified atom stereocenters. The average Bonchev–Trinajstić information content (AvgIpc) is 2.80. The molecule has 1 aliphatic rings. The van der Waals surface area contributed by atoms with Gasteiger partial charge in [0.1, 0.15) is 0 Å². The molecule has 1 amide bonds. The first-order valence-electron chi connectivity index (χ1n) is 7.88. The maximum Gasteiger partial charge on any atom is 0.223 e. The number of hydrogen-bond acceptors (Lipinski definition) is 2. The van der Waals surface area contributed by atoms with Gasteiger partial charge in [-0.2, -0.15) is 0 Å². The monoisotopic (exact) mass is 304 g/mol. The van der Waals surface area contributed by atoms with E-state index in [1.807, 2.05) is 0 Å². The number of nitrogens with one attached hydrogen (secondary N) is 1. The smallest absolute Gasteiger partial charge is 0.223 e. The molecule has 1 fully saturated rings. The molecule has 1 rings (SSSR count). The van der Waals surface area contributed by atoms with Crippen LogP contribution in [0.2, 0.25) is 0 Å². The van der Waals surface area contributed by atoms with E-state index in [0.717, 1.165) is 18.8 Å². The first-order valence-corrected chi connectivity index (χ1v) is 7.88. The first-order chi connectivity index (χ1) is 8.86. The van der Waals surface area contributed by atoms with E-state index in [-0.39, 0.29) is 29.8 Å². The molecular weight excluding hydrogens is 272 g/mol. The largest absolute Gasteiger partial charge is 0.349 e. The lowest BCUT2D eigenvalue weighted by atomic mass is 9.88. The number of halogens is 1. The molecule has 0 bridgehead atoms. The summed E-state index contributed by atoms with van der Waals surface area (Å²) in [5.74, 6) is 1.59. The highest BCUT2D eigenvalue weighted by atomic mass is 35.5. The Balaban J connectivity index is 0.00000361. The number of hydrogen-bond donors (Lipinski definition) is 2. The van der Waals surface area contributed by atoms with Crippen molar-refractivity contribution in [1.82, 2.24) is 5.32 Å². The zero-order valence-electron chi connectivity index (χ0n) is 13.6. The highest BCUT2D eigenvalue weighted by Crippen LogP contribution is 2.30. The number of rotatable bonds is 7. The molecule has 0 saturated heterocycles. The zero-order chi connectivity index (χ0) is 14.5. The van der Waals surface area contributed by atoms with Gasteiger partial charge < -0.3 is 11.1 Å². The van der Waals surface area contributed by atoms with Gasteiger partial charge in [0.2, 0.25) is 5.91 Å². The van der Waals surface area contributed by atoms with Crippen LogP contribution >= 0.6 is 12.4 Å². The Labute approximate surface area is 130 Å². The third-order valence-electron chi connectivity index (χ3n) is 4.34. The molecule has 0 aliphatic heterocycles. The van der Waals surface area contributed by atoms with Gasteiger partial charge in [0, 0.05) is 18.0 Å². The van der Waals surface area contributed by atoms with Crippen molar-refractivity contribution in [2.24, 2.45) is 23.5 Å². The van der Waals surface area contributed by atoms with E-state index >= 15 is 0 Å². The second kappa shape index (κ2) is 8.89. The molecule has 0 aromatic heterocycles. The Morgan fingerprint density at radius 2 is 1.85 bits per heavy atom. The van der Waals surface area contributed by atoms with Crippen LogP contribution in [-0.4, -0.2) is 18.0 Å². The lowest BCUT2D eigenvalue weighted by Gasteiger charge is -2.32. The molecule has 1 aliphatic carbocycles. The first kappa shape index (κ1) is 19.7. The van der Waals surface area contributed by atoms with Crippen molar-refractivity contribution in [1.29, 1.82) is 0 Å². The Hall–Kier alpha value is -0.280. The summed E-state index contributed by atoms with van der Waals surface area (Å²) in [4.78, 5) is 12.3. The molecule has 0 radical (unpaired) electrons. The van der Waals surface area contributed by atoms with Gasteiger partial charge in [-0.1, -0.05) is 46.5 Å². The van der Waals surface area contributed by atoms with E-state index in [9.17, 15) is 4.79 Å². The fourth-order valence-corrected chi connectivity index (χ4v) is 3.36. The standard InChI is InChI=1S/C16H32N2O.ClH/c1-12(2)10-16(4,11-17)18-15(19)13(3)9-14-7-5-6-8-14;/h12-14H,5-11,17H2,1-4H3,(H,18,19);1H. The van der Waals surface area contributed by atoms with Gasteiger partial charge in [-0.25, -0.2) is 0 Å². The molecule has 0 heterocycles. The van der Waals surface area contributed by atoms with Gasteiger partial charge in [-0.15, -0.1) is 12.4 Å². The summed E-state index contributed by atoms with van der Waals surface area (Å²) in [6.45, 7) is 8.96. The summed E-state index contributed by atoms with van der Waals surface area (Å²) < 4.78 is 0. The van der Waals surface area contributed by atoms with Crippen molar-refractivity contribution in [2.75, 3.05) is 6.54 Å². The average molecular weight is 305 g/mol. The Kier molecular flexibility index (Phi) is 8.76. The van der Waals surface area contributed by atoms with Crippen LogP contribution in [0.15, 0.2) is 0 Å². The second-order valence-electron chi connectivity index (χ2n) is 7.14. The molecule has 120 valence electrons. The minimum atomic E-state index is -0.255. The molecule has 1 saturated carbocycles. The molecule has 4 heteroatoms. The van der Waals surface area contributed by atoms with Gasteiger partial charge in [-0.05, 0) is 31.6 Å². The minimum absolute atomic E-state index is 0. The van der Waals surface area contributed by atoms with E-state index in [0.29, 0.717) is 12.5 Å². The number of carbonyl (C=O) groups is 1. The lowest BCUT2D eigenvalue weighted by Crippen LogP contribution is -2.53. The summed E-state index contributed by atoms with van der Waals surface area (Å²) in [6.07, 6.45) is 7.26. The summed E-state index contributed by atoms with van der Waals surface area (Å²) >= 11 is 0. The predicted molar refractivity (Wildman–Crippen MR) is 88.0 cm³/mol. The van der Waals surface area contributed by atoms with Crippen LogP contribution in [0, 0.1) is 17.8 Å². The molecule has 0 aromatic carbocycles. The summed E-state index contributed by atoms with van der Waals surface area (Å²) in [5, 5.41) is 3.18. The minimum Gasteiger partial charge on any atom is -0.349 e. The van der Waals surface area contributed by atoms with Crippen LogP contribution in [-0.2, 0) is 4.79 Å². The molecule has 2 atom stereocenters. The summed E-state index contributed by atoms with van der Waals surface area (Å²) in [6, 6.07) is 0. The SMILES string of the molecule is CC(C)CC(C)(CN)NC(=O)C(C)CC1CCCC1.Cl. The molecule has 0 aromatic rings. The molecular formula is C16H33ClN2O. The van der Waals surface area contributed by atoms with Gasteiger partial charge >= 0.3 is 0 Å². The number of amides is 1. The van der Waals surface area contributed by atoms with E-state index in [1.54, 1.807) is 0 Å². The maximum absolute atomic E-state index is 12.3. The van der Waals surface area contributed by atoms with E-state index in [1.165, 1.54) is 25.7 Å². The van der Waals surface area contributed by atoms with Crippen molar-refractivity contribution in [3.63, 3.8) is 0 Å². The van der Waals surface area contributed by atoms with Crippen molar-refractivity contribution >= 4 is 18.3 Å². The van der Waals surface area contributed by atoms with Crippen molar-refractivity contribution in [3.8, 4) is 0 Å². The zero-order valence-corrected chi connectivity index (χ0v) is 14.4. The highest BCUT2D eigenvalue weighted by Gasteiger charge is 2.29. The van der Waals surface area contributed by atoms with Gasteiger partial charge in [0.25, 0.3) is 0 Å². The van der Waals surface area contributed by atoms with Crippen LogP contribution in [0.4, 0.5) is 0 Å². The molecule has 3 N–H and O–H groups in total. The van der Waals surface area contributed by atoms with Gasteiger partial charge in [-0.3, -0.25) is 4.79 Å². The van der Waals surface area contributed by atoms with Crippen molar-refractivity contribution in [3.05, 3.63) is 0 Å². The van der Waals surface area contributed by atoms with E-state index in [2.05, 4.69) is 33.0 Å². The van der Waals surface area contributed by atoms with Crippen LogP contribution < -0.4 is 11.1 Å². The maximum atomic E-state index is 12.3. The highest BCUT2D eigenvalue weighted by molar-refractivity contribution is 5.85. The third kappa shape index (κ3) is 6.45.